The molecular formula is C15H23BrIN3O2. The molecule has 1 aliphatic heterocycles. The average Bonchev–Trinajstić information content (AvgIpc) is 2.53. The van der Waals surface area contributed by atoms with Gasteiger partial charge in [-0.1, -0.05) is 35.0 Å². The van der Waals surface area contributed by atoms with Gasteiger partial charge in [-0.3, -0.25) is 0 Å². The van der Waals surface area contributed by atoms with Gasteiger partial charge in [0, 0.05) is 17.6 Å². The zero-order chi connectivity index (χ0) is 15.3. The number of rotatable bonds is 4. The van der Waals surface area contributed by atoms with Crippen LogP contribution in [0.1, 0.15) is 18.9 Å². The van der Waals surface area contributed by atoms with E-state index in [4.69, 9.17) is 10.5 Å². The fourth-order valence-electron chi connectivity index (χ4n) is 2.27. The third-order valence-corrected chi connectivity index (χ3v) is 4.33. The van der Waals surface area contributed by atoms with Gasteiger partial charge in [-0.25, -0.2) is 4.99 Å². The van der Waals surface area contributed by atoms with Crippen LogP contribution in [0.4, 0.5) is 0 Å². The molecule has 1 unspecified atom stereocenters. The first kappa shape index (κ1) is 19.7. The Kier molecular flexibility index (Phi) is 8.09. The Morgan fingerprint density at radius 2 is 1.95 bits per heavy atom. The van der Waals surface area contributed by atoms with Crippen molar-refractivity contribution in [3.63, 3.8) is 0 Å². The maximum absolute atomic E-state index is 10.8. The molecule has 0 radical (unpaired) electrons. The highest BCUT2D eigenvalue weighted by Crippen LogP contribution is 2.26. The number of guanidine groups is 1. The predicted molar refractivity (Wildman–Crippen MR) is 103 cm³/mol. The maximum Gasteiger partial charge on any atom is 0.191 e. The lowest BCUT2D eigenvalue weighted by Gasteiger charge is -2.29. The number of hydrogen-bond acceptors (Lipinski definition) is 3. The van der Waals surface area contributed by atoms with Crippen LogP contribution in [0.2, 0.25) is 0 Å². The lowest BCUT2D eigenvalue weighted by Crippen LogP contribution is -2.45. The summed E-state index contributed by atoms with van der Waals surface area (Å²) in [7, 11) is 0. The van der Waals surface area contributed by atoms with Crippen LogP contribution >= 0.6 is 39.9 Å². The summed E-state index contributed by atoms with van der Waals surface area (Å²) in [5.74, 6) is 0.474. The van der Waals surface area contributed by atoms with Gasteiger partial charge in [0.15, 0.2) is 5.96 Å². The summed E-state index contributed by atoms with van der Waals surface area (Å²) in [5, 5.41) is 10.8. The molecule has 124 valence electrons. The van der Waals surface area contributed by atoms with E-state index in [0.29, 0.717) is 25.6 Å². The fraction of sp³-hybridized carbons (Fsp3) is 0.533. The molecule has 3 N–H and O–H groups in total. The minimum absolute atomic E-state index is 0. The van der Waals surface area contributed by atoms with E-state index in [2.05, 4.69) is 20.9 Å². The van der Waals surface area contributed by atoms with Crippen molar-refractivity contribution in [3.8, 4) is 0 Å². The van der Waals surface area contributed by atoms with Crippen LogP contribution in [-0.4, -0.2) is 48.8 Å². The van der Waals surface area contributed by atoms with Gasteiger partial charge in [0.2, 0.25) is 0 Å². The average molecular weight is 484 g/mol. The summed E-state index contributed by atoms with van der Waals surface area (Å²) in [6, 6.07) is 7.66. The molecule has 1 aromatic rings. The van der Waals surface area contributed by atoms with Crippen LogP contribution in [0.5, 0.6) is 0 Å². The quantitative estimate of drug-likeness (QED) is 0.391. The van der Waals surface area contributed by atoms with Gasteiger partial charge < -0.3 is 20.5 Å². The molecule has 0 aromatic heterocycles. The summed E-state index contributed by atoms with van der Waals surface area (Å²) in [6.45, 7) is 5.04. The van der Waals surface area contributed by atoms with Crippen LogP contribution in [-0.2, 0) is 10.3 Å². The number of benzene rings is 1. The van der Waals surface area contributed by atoms with Crippen molar-refractivity contribution in [1.29, 1.82) is 0 Å². The zero-order valence-electron chi connectivity index (χ0n) is 12.7. The first-order chi connectivity index (χ1) is 10.0. The normalized spacial score (nSPS) is 18.5. The molecule has 0 spiro atoms. The summed E-state index contributed by atoms with van der Waals surface area (Å²) in [4.78, 5) is 6.38. The van der Waals surface area contributed by atoms with Gasteiger partial charge in [-0.05, 0) is 24.1 Å². The highest BCUT2D eigenvalue weighted by molar-refractivity contribution is 14.0. The Morgan fingerprint density at radius 3 is 2.50 bits per heavy atom. The van der Waals surface area contributed by atoms with E-state index >= 15 is 0 Å². The molecule has 1 heterocycles. The molecule has 1 aromatic carbocycles. The van der Waals surface area contributed by atoms with E-state index in [9.17, 15) is 5.11 Å². The lowest BCUT2D eigenvalue weighted by molar-refractivity contribution is 0.0411. The molecule has 7 heteroatoms. The second-order valence-corrected chi connectivity index (χ2v) is 6.08. The van der Waals surface area contributed by atoms with Gasteiger partial charge >= 0.3 is 0 Å². The Bertz CT molecular complexity index is 492. The molecule has 1 aliphatic rings. The van der Waals surface area contributed by atoms with Crippen LogP contribution in [0.25, 0.3) is 0 Å². The van der Waals surface area contributed by atoms with Gasteiger partial charge in [-0.15, -0.1) is 24.0 Å². The summed E-state index contributed by atoms with van der Waals surface area (Å²) in [6.07, 6.45) is 0.578. The lowest BCUT2D eigenvalue weighted by atomic mass is 9.91. The van der Waals surface area contributed by atoms with Crippen molar-refractivity contribution < 1.29 is 9.84 Å². The van der Waals surface area contributed by atoms with Gasteiger partial charge in [0.1, 0.15) is 5.60 Å². The third-order valence-electron chi connectivity index (χ3n) is 3.80. The predicted octanol–water partition coefficient (Wildman–Crippen LogP) is 2.31. The standard InChI is InChI=1S/C15H22BrN3O2.HI/c1-2-15(20,12-3-5-13(16)6-4-12)11-18-14(17)19-7-9-21-10-8-19;/h3-6,20H,2,7-11H2,1H3,(H2,17,18);1H. The molecule has 1 fully saturated rings. The van der Waals surface area contributed by atoms with Crippen molar-refractivity contribution >= 4 is 45.9 Å². The first-order valence-electron chi connectivity index (χ1n) is 7.16. The monoisotopic (exact) mass is 483 g/mol. The van der Waals surface area contributed by atoms with E-state index in [1.807, 2.05) is 36.1 Å². The van der Waals surface area contributed by atoms with Crippen molar-refractivity contribution in [2.45, 2.75) is 18.9 Å². The number of aliphatic imine (C=N–C) groups is 1. The van der Waals surface area contributed by atoms with Crippen molar-refractivity contribution in [2.24, 2.45) is 10.7 Å². The van der Waals surface area contributed by atoms with E-state index in [1.165, 1.54) is 0 Å². The number of aliphatic hydroxyl groups is 1. The molecule has 0 bridgehead atoms. The minimum atomic E-state index is -0.988. The smallest absolute Gasteiger partial charge is 0.191 e. The molecule has 0 saturated carbocycles. The molecule has 0 amide bonds. The summed E-state index contributed by atoms with van der Waals surface area (Å²) < 4.78 is 6.28. The number of nitrogens with two attached hydrogens (primary N) is 1. The zero-order valence-corrected chi connectivity index (χ0v) is 16.6. The van der Waals surface area contributed by atoms with E-state index in [-0.39, 0.29) is 30.5 Å². The highest BCUT2D eigenvalue weighted by atomic mass is 127. The molecule has 1 saturated heterocycles. The van der Waals surface area contributed by atoms with Gasteiger partial charge in [0.05, 0.1) is 19.8 Å². The number of morpholine rings is 1. The summed E-state index contributed by atoms with van der Waals surface area (Å²) in [5.41, 5.74) is 5.88. The second-order valence-electron chi connectivity index (χ2n) is 5.17. The van der Waals surface area contributed by atoms with E-state index in [0.717, 1.165) is 23.1 Å². The SMILES string of the molecule is CCC(O)(CN=C(N)N1CCOCC1)c1ccc(Br)cc1.I. The number of nitrogens with zero attached hydrogens (tertiary/aromatic N) is 2. The van der Waals surface area contributed by atoms with Crippen LogP contribution in [0.15, 0.2) is 33.7 Å². The van der Waals surface area contributed by atoms with E-state index < -0.39 is 5.60 Å². The number of hydrogen-bond donors (Lipinski definition) is 2. The maximum atomic E-state index is 10.8. The highest BCUT2D eigenvalue weighted by Gasteiger charge is 2.27. The van der Waals surface area contributed by atoms with Crippen LogP contribution < -0.4 is 5.73 Å². The Labute approximate surface area is 157 Å². The Hall–Kier alpha value is -0.380. The van der Waals surface area contributed by atoms with Crippen LogP contribution in [0, 0.1) is 0 Å². The first-order valence-corrected chi connectivity index (χ1v) is 7.95. The van der Waals surface area contributed by atoms with Gasteiger partial charge in [-0.2, -0.15) is 0 Å². The molecule has 22 heavy (non-hydrogen) atoms. The minimum Gasteiger partial charge on any atom is -0.383 e. The third kappa shape index (κ3) is 5.07. The largest absolute Gasteiger partial charge is 0.383 e. The number of halogens is 2. The molecule has 5 nitrogen and oxygen atoms in total. The molecular weight excluding hydrogens is 461 g/mol. The Balaban J connectivity index is 0.00000242. The van der Waals surface area contributed by atoms with Crippen LogP contribution in [0.3, 0.4) is 0 Å². The van der Waals surface area contributed by atoms with Gasteiger partial charge in [0.25, 0.3) is 0 Å². The molecule has 1 atom stereocenters. The van der Waals surface area contributed by atoms with Crippen molar-refractivity contribution in [1.82, 2.24) is 4.90 Å². The topological polar surface area (TPSA) is 71.1 Å². The summed E-state index contributed by atoms with van der Waals surface area (Å²) >= 11 is 3.40. The van der Waals surface area contributed by atoms with Crippen molar-refractivity contribution in [2.75, 3.05) is 32.8 Å². The Morgan fingerprint density at radius 1 is 1.36 bits per heavy atom. The molecule has 2 rings (SSSR count). The van der Waals surface area contributed by atoms with Crippen molar-refractivity contribution in [3.05, 3.63) is 34.3 Å². The number of ether oxygens (including phenoxy) is 1. The second kappa shape index (κ2) is 9.05. The fourth-order valence-corrected chi connectivity index (χ4v) is 2.54. The molecule has 0 aliphatic carbocycles. The van der Waals surface area contributed by atoms with E-state index in [1.54, 1.807) is 0 Å².